The number of aryl methyl sites for hydroxylation is 1. The summed E-state index contributed by atoms with van der Waals surface area (Å²) in [5, 5.41) is 5.47. The molecule has 5 nitrogen and oxygen atoms in total. The average Bonchev–Trinajstić information content (AvgIpc) is 2.31. The number of anilines is 2. The molecule has 2 amide bonds. The molecular weight excluding hydrogens is 278 g/mol. The van der Waals surface area contributed by atoms with Crippen LogP contribution in [0.15, 0.2) is 18.2 Å². The Morgan fingerprint density at radius 1 is 1.20 bits per heavy atom. The van der Waals surface area contributed by atoms with Crippen LogP contribution in [0.5, 0.6) is 0 Å². The summed E-state index contributed by atoms with van der Waals surface area (Å²) in [6, 6.07) is 4.79. The molecule has 0 spiro atoms. The maximum Gasteiger partial charge on any atom is 0.241 e. The first-order valence-corrected chi connectivity index (χ1v) is 6.26. The van der Waals surface area contributed by atoms with Crippen LogP contribution < -0.4 is 16.4 Å². The van der Waals surface area contributed by atoms with E-state index in [2.05, 4.69) is 10.6 Å². The molecule has 0 heterocycles. The zero-order chi connectivity index (χ0) is 14.6. The summed E-state index contributed by atoms with van der Waals surface area (Å²) in [6.07, 6.45) is 0. The lowest BCUT2D eigenvalue weighted by Gasteiger charge is -2.17. The summed E-state index contributed by atoms with van der Waals surface area (Å²) in [4.78, 5) is 22.9. The van der Waals surface area contributed by atoms with E-state index in [1.54, 1.807) is 12.1 Å². The molecule has 0 fully saturated rings. The summed E-state index contributed by atoms with van der Waals surface area (Å²) < 4.78 is 0. The van der Waals surface area contributed by atoms with Crippen molar-refractivity contribution in [2.45, 2.75) is 33.7 Å². The van der Waals surface area contributed by atoms with Gasteiger partial charge in [0, 0.05) is 18.3 Å². The topological polar surface area (TPSA) is 84.2 Å². The number of rotatable bonds is 4. The number of nitrogens with two attached hydrogens (primary N) is 1. The van der Waals surface area contributed by atoms with Gasteiger partial charge in [-0.3, -0.25) is 9.59 Å². The average molecular weight is 300 g/mol. The molecular formula is C14H22ClN3O2. The van der Waals surface area contributed by atoms with Crippen molar-refractivity contribution in [2.75, 3.05) is 10.6 Å². The first-order valence-electron chi connectivity index (χ1n) is 6.26. The highest BCUT2D eigenvalue weighted by atomic mass is 35.5. The van der Waals surface area contributed by atoms with Gasteiger partial charge in [-0.15, -0.1) is 12.4 Å². The Morgan fingerprint density at radius 2 is 1.80 bits per heavy atom. The molecule has 20 heavy (non-hydrogen) atoms. The predicted molar refractivity (Wildman–Crippen MR) is 84.2 cm³/mol. The minimum Gasteiger partial charge on any atom is -0.326 e. The van der Waals surface area contributed by atoms with Crippen molar-refractivity contribution in [3.8, 4) is 0 Å². The number of carbonyl (C=O) groups is 2. The first kappa shape index (κ1) is 18.4. The Hall–Kier alpha value is -1.59. The largest absolute Gasteiger partial charge is 0.326 e. The lowest BCUT2D eigenvalue weighted by atomic mass is 10.0. The van der Waals surface area contributed by atoms with Crippen molar-refractivity contribution in [1.82, 2.24) is 0 Å². The van der Waals surface area contributed by atoms with Crippen LogP contribution in [0, 0.1) is 12.8 Å². The number of hydrogen-bond acceptors (Lipinski definition) is 3. The maximum absolute atomic E-state index is 11.9. The Balaban J connectivity index is 0.00000361. The summed E-state index contributed by atoms with van der Waals surface area (Å²) in [5.74, 6) is -0.308. The molecule has 0 aliphatic heterocycles. The third-order valence-electron chi connectivity index (χ3n) is 2.84. The second-order valence-electron chi connectivity index (χ2n) is 4.97. The summed E-state index contributed by atoms with van der Waals surface area (Å²) >= 11 is 0. The number of amides is 2. The van der Waals surface area contributed by atoms with Crippen LogP contribution in [0.25, 0.3) is 0 Å². The lowest BCUT2D eigenvalue weighted by Crippen LogP contribution is -2.39. The van der Waals surface area contributed by atoms with E-state index < -0.39 is 6.04 Å². The fourth-order valence-corrected chi connectivity index (χ4v) is 1.56. The van der Waals surface area contributed by atoms with Crippen LogP contribution >= 0.6 is 12.4 Å². The highest BCUT2D eigenvalue weighted by Gasteiger charge is 2.17. The van der Waals surface area contributed by atoms with Crippen LogP contribution in [0.1, 0.15) is 26.3 Å². The monoisotopic (exact) mass is 299 g/mol. The van der Waals surface area contributed by atoms with E-state index in [1.807, 2.05) is 26.8 Å². The maximum atomic E-state index is 11.9. The van der Waals surface area contributed by atoms with Crippen molar-refractivity contribution in [2.24, 2.45) is 11.7 Å². The standard InChI is InChI=1S/C14H21N3O2.ClH/c1-8(2)13(15)14(19)17-12-7-11(16-10(4)18)6-5-9(12)3;/h5-8,13H,15H2,1-4H3,(H,16,18)(H,17,19);1H/t13-;/m1./s1. The molecule has 0 bridgehead atoms. The van der Waals surface area contributed by atoms with E-state index in [-0.39, 0.29) is 30.1 Å². The van der Waals surface area contributed by atoms with Gasteiger partial charge < -0.3 is 16.4 Å². The van der Waals surface area contributed by atoms with Gasteiger partial charge in [-0.2, -0.15) is 0 Å². The van der Waals surface area contributed by atoms with Gasteiger partial charge in [-0.25, -0.2) is 0 Å². The molecule has 0 saturated heterocycles. The van der Waals surface area contributed by atoms with Crippen LogP contribution in [0.4, 0.5) is 11.4 Å². The third-order valence-corrected chi connectivity index (χ3v) is 2.84. The van der Waals surface area contributed by atoms with Crippen molar-refractivity contribution >= 4 is 35.6 Å². The van der Waals surface area contributed by atoms with Crippen LogP contribution in [0.2, 0.25) is 0 Å². The van der Waals surface area contributed by atoms with Gasteiger partial charge in [0.15, 0.2) is 0 Å². The molecule has 0 aromatic heterocycles. The second kappa shape index (κ2) is 7.87. The zero-order valence-electron chi connectivity index (χ0n) is 12.2. The molecule has 1 rings (SSSR count). The minimum absolute atomic E-state index is 0. The van der Waals surface area contributed by atoms with Crippen LogP contribution in [-0.4, -0.2) is 17.9 Å². The number of benzene rings is 1. The Labute approximate surface area is 125 Å². The molecule has 0 unspecified atom stereocenters. The fraction of sp³-hybridized carbons (Fsp3) is 0.429. The van der Waals surface area contributed by atoms with E-state index in [9.17, 15) is 9.59 Å². The Morgan fingerprint density at radius 3 is 2.30 bits per heavy atom. The van der Waals surface area contributed by atoms with E-state index in [0.29, 0.717) is 11.4 Å². The molecule has 1 atom stereocenters. The molecule has 6 heteroatoms. The third kappa shape index (κ3) is 5.19. The van der Waals surface area contributed by atoms with Crippen molar-refractivity contribution in [1.29, 1.82) is 0 Å². The van der Waals surface area contributed by atoms with Gasteiger partial charge in [0.25, 0.3) is 0 Å². The number of nitrogens with one attached hydrogen (secondary N) is 2. The molecule has 112 valence electrons. The smallest absolute Gasteiger partial charge is 0.241 e. The van der Waals surface area contributed by atoms with Gasteiger partial charge in [-0.1, -0.05) is 19.9 Å². The minimum atomic E-state index is -0.552. The molecule has 0 aliphatic carbocycles. The molecule has 0 saturated carbocycles. The van der Waals surface area contributed by atoms with Gasteiger partial charge in [0.1, 0.15) is 0 Å². The Bertz CT molecular complexity index is 489. The quantitative estimate of drug-likeness (QED) is 0.797. The molecule has 4 N–H and O–H groups in total. The van der Waals surface area contributed by atoms with Crippen LogP contribution in [-0.2, 0) is 9.59 Å². The summed E-state index contributed by atoms with van der Waals surface area (Å²) in [6.45, 7) is 7.11. The van der Waals surface area contributed by atoms with Gasteiger partial charge in [-0.05, 0) is 30.5 Å². The van der Waals surface area contributed by atoms with Crippen molar-refractivity contribution in [3.05, 3.63) is 23.8 Å². The SMILES string of the molecule is CC(=O)Nc1ccc(C)c(NC(=O)[C@H](N)C(C)C)c1.Cl. The summed E-state index contributed by atoms with van der Waals surface area (Å²) in [5.41, 5.74) is 8.01. The normalized spacial score (nSPS) is 11.5. The molecule has 0 aliphatic rings. The van der Waals surface area contributed by atoms with E-state index in [4.69, 9.17) is 5.73 Å². The Kier molecular flexibility index (Phi) is 7.24. The van der Waals surface area contributed by atoms with Crippen molar-refractivity contribution < 1.29 is 9.59 Å². The van der Waals surface area contributed by atoms with E-state index >= 15 is 0 Å². The van der Waals surface area contributed by atoms with Gasteiger partial charge >= 0.3 is 0 Å². The van der Waals surface area contributed by atoms with E-state index in [0.717, 1.165) is 5.56 Å². The van der Waals surface area contributed by atoms with Crippen LogP contribution in [0.3, 0.4) is 0 Å². The van der Waals surface area contributed by atoms with Crippen molar-refractivity contribution in [3.63, 3.8) is 0 Å². The lowest BCUT2D eigenvalue weighted by molar-refractivity contribution is -0.118. The highest BCUT2D eigenvalue weighted by molar-refractivity contribution is 5.96. The molecule has 1 aromatic rings. The molecule has 1 aromatic carbocycles. The number of halogens is 1. The summed E-state index contributed by atoms with van der Waals surface area (Å²) in [7, 11) is 0. The zero-order valence-corrected chi connectivity index (χ0v) is 13.0. The second-order valence-corrected chi connectivity index (χ2v) is 4.97. The highest BCUT2D eigenvalue weighted by Crippen LogP contribution is 2.20. The fourth-order valence-electron chi connectivity index (χ4n) is 1.56. The molecule has 0 radical (unpaired) electrons. The van der Waals surface area contributed by atoms with Gasteiger partial charge in [0.05, 0.1) is 6.04 Å². The predicted octanol–water partition coefficient (Wildman–Crippen LogP) is 2.30. The van der Waals surface area contributed by atoms with E-state index in [1.165, 1.54) is 6.92 Å². The number of hydrogen-bond donors (Lipinski definition) is 3. The van der Waals surface area contributed by atoms with Gasteiger partial charge in [0.2, 0.25) is 11.8 Å². The number of carbonyl (C=O) groups excluding carboxylic acids is 2. The first-order chi connectivity index (χ1) is 8.81.